The van der Waals surface area contributed by atoms with Gasteiger partial charge in [-0.3, -0.25) is 14.6 Å². The molecule has 0 atom stereocenters. The summed E-state index contributed by atoms with van der Waals surface area (Å²) >= 11 is 13.7. The number of thiazole rings is 1. The lowest BCUT2D eigenvalue weighted by Crippen LogP contribution is -2.43. The lowest BCUT2D eigenvalue weighted by Gasteiger charge is -2.29. The summed E-state index contributed by atoms with van der Waals surface area (Å²) in [6, 6.07) is 12.6. The first-order valence-corrected chi connectivity index (χ1v) is 10.6. The van der Waals surface area contributed by atoms with E-state index >= 15 is 0 Å². The molecule has 1 amide bonds. The highest BCUT2D eigenvalue weighted by atomic mass is 35.5. The number of amides is 1. The van der Waals surface area contributed by atoms with Crippen molar-refractivity contribution >= 4 is 55.8 Å². The molecular weight excluding hydrogens is 417 g/mol. The van der Waals surface area contributed by atoms with Gasteiger partial charge in [-0.1, -0.05) is 40.6 Å². The van der Waals surface area contributed by atoms with Gasteiger partial charge in [0, 0.05) is 41.8 Å². The van der Waals surface area contributed by atoms with Crippen LogP contribution in [0.5, 0.6) is 0 Å². The fourth-order valence-corrected chi connectivity index (χ4v) is 4.59. The fourth-order valence-electron chi connectivity index (χ4n) is 3.13. The van der Waals surface area contributed by atoms with E-state index in [2.05, 4.69) is 9.88 Å². The number of nitrogens with zero attached hydrogens (tertiary/aromatic N) is 3. The van der Waals surface area contributed by atoms with Gasteiger partial charge < -0.3 is 4.74 Å². The topological polar surface area (TPSA) is 45.7 Å². The van der Waals surface area contributed by atoms with Gasteiger partial charge in [0.05, 0.1) is 23.4 Å². The monoisotopic (exact) mass is 435 g/mol. The molecule has 1 saturated heterocycles. The van der Waals surface area contributed by atoms with E-state index in [0.717, 1.165) is 43.1 Å². The third-order valence-electron chi connectivity index (χ3n) is 4.63. The summed E-state index contributed by atoms with van der Waals surface area (Å²) in [6.07, 6.45) is 0. The maximum absolute atomic E-state index is 13.3. The van der Waals surface area contributed by atoms with Crippen molar-refractivity contribution in [1.29, 1.82) is 0 Å². The molecule has 1 aliphatic rings. The highest BCUT2D eigenvalue weighted by molar-refractivity contribution is 7.22. The summed E-state index contributed by atoms with van der Waals surface area (Å²) < 4.78 is 6.37. The largest absolute Gasteiger partial charge is 0.379 e. The first-order chi connectivity index (χ1) is 13.6. The standard InChI is InChI=1S/C20H19Cl2N3O2S/c21-15-3-1-2-14(12-15)19(26)25(7-6-24-8-10-27-11-9-24)20-23-17-5-4-16(22)13-18(17)28-20/h1-5,12-13H,6-11H2. The normalized spacial score (nSPS) is 15.1. The number of fused-ring (bicyclic) bond motifs is 1. The first kappa shape index (κ1) is 19.6. The predicted molar refractivity (Wildman–Crippen MR) is 115 cm³/mol. The van der Waals surface area contributed by atoms with Gasteiger partial charge >= 0.3 is 0 Å². The Labute approximate surface area is 177 Å². The minimum absolute atomic E-state index is 0.110. The number of ether oxygens (including phenoxy) is 1. The van der Waals surface area contributed by atoms with Crippen molar-refractivity contribution in [1.82, 2.24) is 9.88 Å². The summed E-state index contributed by atoms with van der Waals surface area (Å²) in [5, 5.41) is 1.86. The number of carbonyl (C=O) groups is 1. The van der Waals surface area contributed by atoms with Crippen LogP contribution in [-0.4, -0.2) is 55.2 Å². The Kier molecular flexibility index (Phi) is 6.13. The van der Waals surface area contributed by atoms with E-state index in [4.69, 9.17) is 27.9 Å². The van der Waals surface area contributed by atoms with E-state index in [0.29, 0.717) is 27.3 Å². The average molecular weight is 436 g/mol. The molecule has 146 valence electrons. The first-order valence-electron chi connectivity index (χ1n) is 9.04. The molecule has 2 heterocycles. The Morgan fingerprint density at radius 1 is 1.14 bits per heavy atom. The highest BCUT2D eigenvalue weighted by Gasteiger charge is 2.23. The quantitative estimate of drug-likeness (QED) is 0.588. The van der Waals surface area contributed by atoms with E-state index in [1.807, 2.05) is 18.2 Å². The summed E-state index contributed by atoms with van der Waals surface area (Å²) in [7, 11) is 0. The lowest BCUT2D eigenvalue weighted by atomic mass is 10.2. The van der Waals surface area contributed by atoms with Crippen LogP contribution in [0.1, 0.15) is 10.4 Å². The molecule has 0 saturated carbocycles. The van der Waals surface area contributed by atoms with Crippen molar-refractivity contribution < 1.29 is 9.53 Å². The zero-order chi connectivity index (χ0) is 19.5. The summed E-state index contributed by atoms with van der Waals surface area (Å²) in [5.74, 6) is -0.110. The summed E-state index contributed by atoms with van der Waals surface area (Å²) in [6.45, 7) is 4.48. The zero-order valence-corrected chi connectivity index (χ0v) is 17.4. The molecule has 0 unspecified atom stereocenters. The Morgan fingerprint density at radius 2 is 1.93 bits per heavy atom. The Balaban J connectivity index is 1.63. The molecule has 0 N–H and O–H groups in total. The van der Waals surface area contributed by atoms with Crippen LogP contribution in [0, 0.1) is 0 Å². The third-order valence-corrected chi connectivity index (χ3v) is 6.14. The number of aromatic nitrogens is 1. The smallest absolute Gasteiger partial charge is 0.260 e. The molecule has 8 heteroatoms. The van der Waals surface area contributed by atoms with Crippen LogP contribution < -0.4 is 4.90 Å². The second kappa shape index (κ2) is 8.76. The fraction of sp³-hybridized carbons (Fsp3) is 0.300. The van der Waals surface area contributed by atoms with Crippen molar-refractivity contribution in [2.75, 3.05) is 44.3 Å². The van der Waals surface area contributed by atoms with E-state index in [1.54, 1.807) is 29.2 Å². The minimum atomic E-state index is -0.110. The van der Waals surface area contributed by atoms with Crippen molar-refractivity contribution in [3.63, 3.8) is 0 Å². The summed E-state index contributed by atoms with van der Waals surface area (Å²) in [5.41, 5.74) is 1.38. The van der Waals surface area contributed by atoms with Gasteiger partial charge in [0.25, 0.3) is 5.91 Å². The Bertz CT molecular complexity index is 988. The average Bonchev–Trinajstić information content (AvgIpc) is 3.11. The number of carbonyl (C=O) groups excluding carboxylic acids is 1. The molecule has 1 aliphatic heterocycles. The van der Waals surface area contributed by atoms with Crippen molar-refractivity contribution in [3.05, 3.63) is 58.1 Å². The Hall–Kier alpha value is -1.70. The minimum Gasteiger partial charge on any atom is -0.379 e. The number of morpholine rings is 1. The van der Waals surface area contributed by atoms with Crippen molar-refractivity contribution in [3.8, 4) is 0 Å². The Morgan fingerprint density at radius 3 is 2.71 bits per heavy atom. The van der Waals surface area contributed by atoms with E-state index in [-0.39, 0.29) is 5.91 Å². The van der Waals surface area contributed by atoms with Gasteiger partial charge in [0.1, 0.15) is 0 Å². The number of hydrogen-bond acceptors (Lipinski definition) is 5. The van der Waals surface area contributed by atoms with Gasteiger partial charge in [-0.05, 0) is 36.4 Å². The second-order valence-electron chi connectivity index (χ2n) is 6.53. The van der Waals surface area contributed by atoms with Crippen LogP contribution in [0.4, 0.5) is 5.13 Å². The number of rotatable bonds is 5. The molecule has 3 aromatic rings. The number of hydrogen-bond donors (Lipinski definition) is 0. The third kappa shape index (κ3) is 4.47. The van der Waals surface area contributed by atoms with Crippen molar-refractivity contribution in [2.45, 2.75) is 0 Å². The molecule has 1 aromatic heterocycles. The molecule has 28 heavy (non-hydrogen) atoms. The SMILES string of the molecule is O=C(c1cccc(Cl)c1)N(CCN1CCOCC1)c1nc2ccc(Cl)cc2s1. The molecule has 2 aromatic carbocycles. The number of benzene rings is 2. The van der Waals surface area contributed by atoms with Crippen LogP contribution in [0.3, 0.4) is 0 Å². The maximum Gasteiger partial charge on any atom is 0.260 e. The van der Waals surface area contributed by atoms with Gasteiger partial charge in [0.2, 0.25) is 0 Å². The molecule has 0 bridgehead atoms. The van der Waals surface area contributed by atoms with Crippen LogP contribution in [0.15, 0.2) is 42.5 Å². The highest BCUT2D eigenvalue weighted by Crippen LogP contribution is 2.31. The predicted octanol–water partition coefficient (Wildman–Crippen LogP) is 4.58. The molecule has 0 radical (unpaired) electrons. The van der Waals surface area contributed by atoms with Gasteiger partial charge in [0.15, 0.2) is 5.13 Å². The van der Waals surface area contributed by atoms with E-state index < -0.39 is 0 Å². The molecule has 4 rings (SSSR count). The van der Waals surface area contributed by atoms with Crippen LogP contribution in [0.2, 0.25) is 10.0 Å². The zero-order valence-electron chi connectivity index (χ0n) is 15.1. The van der Waals surface area contributed by atoms with Crippen LogP contribution in [-0.2, 0) is 4.74 Å². The van der Waals surface area contributed by atoms with E-state index in [1.165, 1.54) is 11.3 Å². The van der Waals surface area contributed by atoms with Crippen molar-refractivity contribution in [2.24, 2.45) is 0 Å². The van der Waals surface area contributed by atoms with Gasteiger partial charge in [-0.2, -0.15) is 0 Å². The van der Waals surface area contributed by atoms with Gasteiger partial charge in [-0.25, -0.2) is 4.98 Å². The lowest BCUT2D eigenvalue weighted by molar-refractivity contribution is 0.0391. The van der Waals surface area contributed by atoms with Crippen LogP contribution >= 0.6 is 34.5 Å². The van der Waals surface area contributed by atoms with E-state index in [9.17, 15) is 4.79 Å². The maximum atomic E-state index is 13.3. The summed E-state index contributed by atoms with van der Waals surface area (Å²) in [4.78, 5) is 22.0. The molecular formula is C20H19Cl2N3O2S. The second-order valence-corrected chi connectivity index (χ2v) is 8.41. The molecule has 0 aliphatic carbocycles. The number of anilines is 1. The number of halogens is 2. The molecule has 5 nitrogen and oxygen atoms in total. The van der Waals surface area contributed by atoms with Crippen LogP contribution in [0.25, 0.3) is 10.2 Å². The molecule has 1 fully saturated rings. The van der Waals surface area contributed by atoms with Gasteiger partial charge in [-0.15, -0.1) is 0 Å². The molecule has 0 spiro atoms.